The molecule has 24 heavy (non-hydrogen) atoms. The molecule has 1 aromatic carbocycles. The van der Waals surface area contributed by atoms with Crippen molar-refractivity contribution in [2.75, 3.05) is 0 Å². The molecule has 4 heteroatoms. The highest BCUT2D eigenvalue weighted by Crippen LogP contribution is 2.40. The minimum atomic E-state index is -0.217. The number of amides is 1. The number of ketones is 1. The molecule has 2 atom stereocenters. The number of carbonyl (C=O) groups is 2. The summed E-state index contributed by atoms with van der Waals surface area (Å²) in [4.78, 5) is 26.7. The molecule has 4 nitrogen and oxygen atoms in total. The minimum Gasteiger partial charge on any atom is -0.445 e. The molecular formula is C20H27NO3. The summed E-state index contributed by atoms with van der Waals surface area (Å²) in [5.41, 5.74) is 1.00. The van der Waals surface area contributed by atoms with Crippen LogP contribution in [0.5, 0.6) is 0 Å². The summed E-state index contributed by atoms with van der Waals surface area (Å²) in [5.74, 6) is 0.540. The van der Waals surface area contributed by atoms with Gasteiger partial charge in [0.25, 0.3) is 0 Å². The van der Waals surface area contributed by atoms with Crippen LogP contribution in [0.15, 0.2) is 30.3 Å². The van der Waals surface area contributed by atoms with E-state index >= 15 is 0 Å². The number of ether oxygens (including phenoxy) is 1. The van der Waals surface area contributed by atoms with E-state index in [9.17, 15) is 9.59 Å². The van der Waals surface area contributed by atoms with Crippen molar-refractivity contribution >= 4 is 11.9 Å². The van der Waals surface area contributed by atoms with Gasteiger partial charge in [0, 0.05) is 24.4 Å². The van der Waals surface area contributed by atoms with Crippen LogP contribution >= 0.6 is 0 Å². The summed E-state index contributed by atoms with van der Waals surface area (Å²) < 4.78 is 5.51. The largest absolute Gasteiger partial charge is 0.445 e. The summed E-state index contributed by atoms with van der Waals surface area (Å²) in [6.07, 6.45) is 6.16. The van der Waals surface area contributed by atoms with Gasteiger partial charge in [0.1, 0.15) is 12.4 Å². The molecule has 0 aromatic heterocycles. The molecule has 1 amide bonds. The van der Waals surface area contributed by atoms with Crippen molar-refractivity contribution in [2.24, 2.45) is 5.92 Å². The number of hydrogen-bond donors (Lipinski definition) is 0. The van der Waals surface area contributed by atoms with Crippen LogP contribution in [0.3, 0.4) is 0 Å². The molecule has 2 fully saturated rings. The number of benzene rings is 1. The van der Waals surface area contributed by atoms with Crippen LogP contribution in [0.4, 0.5) is 4.79 Å². The topological polar surface area (TPSA) is 46.6 Å². The number of hydrogen-bond acceptors (Lipinski definition) is 3. The van der Waals surface area contributed by atoms with Gasteiger partial charge < -0.3 is 9.64 Å². The molecule has 0 N–H and O–H groups in total. The maximum atomic E-state index is 12.5. The van der Waals surface area contributed by atoms with Crippen molar-refractivity contribution in [3.63, 3.8) is 0 Å². The minimum absolute atomic E-state index is 0.146. The molecule has 0 spiro atoms. The first-order valence-corrected chi connectivity index (χ1v) is 9.20. The Labute approximate surface area is 144 Å². The van der Waals surface area contributed by atoms with Crippen LogP contribution in [0.2, 0.25) is 0 Å². The van der Waals surface area contributed by atoms with Crippen LogP contribution in [0.25, 0.3) is 0 Å². The Morgan fingerprint density at radius 2 is 1.79 bits per heavy atom. The van der Waals surface area contributed by atoms with Crippen molar-refractivity contribution in [3.8, 4) is 0 Å². The van der Waals surface area contributed by atoms with E-state index in [-0.39, 0.29) is 24.1 Å². The van der Waals surface area contributed by atoms with Gasteiger partial charge in [-0.15, -0.1) is 0 Å². The lowest BCUT2D eigenvalue weighted by Gasteiger charge is -2.37. The van der Waals surface area contributed by atoms with Crippen molar-refractivity contribution < 1.29 is 14.3 Å². The van der Waals surface area contributed by atoms with Gasteiger partial charge in [0.2, 0.25) is 0 Å². The van der Waals surface area contributed by atoms with E-state index in [0.29, 0.717) is 18.8 Å². The van der Waals surface area contributed by atoms with Gasteiger partial charge in [-0.2, -0.15) is 0 Å². The van der Waals surface area contributed by atoms with Gasteiger partial charge >= 0.3 is 6.09 Å². The molecule has 2 aliphatic heterocycles. The van der Waals surface area contributed by atoms with Gasteiger partial charge in [0.15, 0.2) is 0 Å². The summed E-state index contributed by atoms with van der Waals surface area (Å²) in [6, 6.07) is 10.1. The van der Waals surface area contributed by atoms with E-state index in [4.69, 9.17) is 4.74 Å². The zero-order valence-corrected chi connectivity index (χ0v) is 14.4. The van der Waals surface area contributed by atoms with Crippen molar-refractivity contribution in [2.45, 2.75) is 70.6 Å². The number of rotatable bonds is 6. The number of nitrogens with zero attached hydrogens (tertiary/aromatic N) is 1. The smallest absolute Gasteiger partial charge is 0.410 e. The van der Waals surface area contributed by atoms with E-state index in [1.165, 1.54) is 0 Å². The van der Waals surface area contributed by atoms with E-state index < -0.39 is 0 Å². The molecule has 130 valence electrons. The zero-order valence-electron chi connectivity index (χ0n) is 14.4. The number of unbranched alkanes of at least 4 members (excludes halogenated alkanes) is 1. The van der Waals surface area contributed by atoms with Crippen LogP contribution in [-0.2, 0) is 16.1 Å². The average Bonchev–Trinajstić information content (AvgIpc) is 2.88. The second-order valence-corrected chi connectivity index (χ2v) is 7.07. The molecule has 2 saturated heterocycles. The third kappa shape index (κ3) is 3.80. The summed E-state index contributed by atoms with van der Waals surface area (Å²) in [7, 11) is 0. The average molecular weight is 329 g/mol. The highest BCUT2D eigenvalue weighted by molar-refractivity contribution is 5.81. The molecule has 0 aliphatic carbocycles. The van der Waals surface area contributed by atoms with Crippen molar-refractivity contribution in [1.29, 1.82) is 0 Å². The van der Waals surface area contributed by atoms with Gasteiger partial charge in [0.05, 0.1) is 0 Å². The van der Waals surface area contributed by atoms with E-state index in [1.54, 1.807) is 0 Å². The van der Waals surface area contributed by atoms with Gasteiger partial charge in [-0.1, -0.05) is 43.7 Å². The number of fused-ring (bicyclic) bond motifs is 2. The first-order valence-electron chi connectivity index (χ1n) is 9.20. The molecule has 3 rings (SSSR count). The number of carbonyl (C=O) groups excluding carboxylic acids is 2. The fourth-order valence-corrected chi connectivity index (χ4v) is 4.09. The van der Waals surface area contributed by atoms with E-state index in [1.807, 2.05) is 35.2 Å². The fourth-order valence-electron chi connectivity index (χ4n) is 4.09. The Hall–Kier alpha value is -1.84. The zero-order chi connectivity index (χ0) is 16.9. The predicted octanol–water partition coefficient (Wildman–Crippen LogP) is 4.33. The summed E-state index contributed by atoms with van der Waals surface area (Å²) in [5, 5.41) is 0. The number of Topliss-reactive ketones (excluding diaryl/α,β-unsaturated/α-hetero) is 1. The van der Waals surface area contributed by atoms with Gasteiger partial charge in [-0.05, 0) is 37.7 Å². The second-order valence-electron chi connectivity index (χ2n) is 7.07. The maximum Gasteiger partial charge on any atom is 0.410 e. The third-order valence-corrected chi connectivity index (χ3v) is 5.38. The highest BCUT2D eigenvalue weighted by Gasteiger charge is 2.45. The molecule has 0 saturated carbocycles. The highest BCUT2D eigenvalue weighted by atomic mass is 16.6. The van der Waals surface area contributed by atoms with Gasteiger partial charge in [-0.25, -0.2) is 4.79 Å². The molecule has 2 unspecified atom stereocenters. The first kappa shape index (κ1) is 17.0. The van der Waals surface area contributed by atoms with Gasteiger partial charge in [-0.3, -0.25) is 4.79 Å². The standard InChI is InChI=1S/C20H27NO3/c1-2-3-9-19(22)16-12-17-10-11-18(13-16)21(17)20(23)24-14-15-7-5-4-6-8-15/h4-8,16-18H,2-3,9-14H2,1H3. The summed E-state index contributed by atoms with van der Waals surface area (Å²) in [6.45, 7) is 2.43. The molecule has 2 aliphatic rings. The maximum absolute atomic E-state index is 12.5. The first-order chi connectivity index (χ1) is 11.7. The summed E-state index contributed by atoms with van der Waals surface area (Å²) >= 11 is 0. The molecule has 2 bridgehead atoms. The Bertz CT molecular complexity index is 558. The Morgan fingerprint density at radius 3 is 2.42 bits per heavy atom. The Morgan fingerprint density at radius 1 is 1.12 bits per heavy atom. The van der Waals surface area contributed by atoms with Crippen LogP contribution < -0.4 is 0 Å². The molecular weight excluding hydrogens is 302 g/mol. The molecule has 2 heterocycles. The van der Waals surface area contributed by atoms with Crippen LogP contribution in [0.1, 0.15) is 57.4 Å². The lowest BCUT2D eigenvalue weighted by Crippen LogP contribution is -2.48. The molecule has 1 aromatic rings. The predicted molar refractivity (Wildman–Crippen MR) is 92.5 cm³/mol. The molecule has 0 radical (unpaired) electrons. The van der Waals surface area contributed by atoms with Crippen molar-refractivity contribution in [3.05, 3.63) is 35.9 Å². The number of piperidine rings is 1. The lowest BCUT2D eigenvalue weighted by atomic mass is 9.86. The quantitative estimate of drug-likeness (QED) is 0.780. The monoisotopic (exact) mass is 329 g/mol. The van der Waals surface area contributed by atoms with E-state index in [2.05, 4.69) is 6.92 Å². The second kappa shape index (κ2) is 7.82. The normalized spacial score (nSPS) is 25.5. The SMILES string of the molecule is CCCCC(=O)C1CC2CCC(C1)N2C(=O)OCc1ccccc1. The lowest BCUT2D eigenvalue weighted by molar-refractivity contribution is -0.125. The fraction of sp³-hybridized carbons (Fsp3) is 0.600. The van der Waals surface area contributed by atoms with Crippen LogP contribution in [0, 0.1) is 5.92 Å². The van der Waals surface area contributed by atoms with Crippen LogP contribution in [-0.4, -0.2) is 28.9 Å². The Balaban J connectivity index is 1.54. The van der Waals surface area contributed by atoms with E-state index in [0.717, 1.165) is 44.1 Å². The Kier molecular flexibility index (Phi) is 5.54. The van der Waals surface area contributed by atoms with Crippen molar-refractivity contribution in [1.82, 2.24) is 4.90 Å². The third-order valence-electron chi connectivity index (χ3n) is 5.38.